The van der Waals surface area contributed by atoms with E-state index in [0.717, 1.165) is 20.5 Å². The monoisotopic (exact) mass is 205 g/mol. The average molecular weight is 205 g/mol. The van der Waals surface area contributed by atoms with Gasteiger partial charge in [-0.15, -0.1) is 24.0 Å². The van der Waals surface area contributed by atoms with Crippen LogP contribution in [0.5, 0.6) is 0 Å². The van der Waals surface area contributed by atoms with E-state index < -0.39 is 0 Å². The SMILES string of the molecule is Cc1csc2c(C#N)ccc(S)c12. The van der Waals surface area contributed by atoms with Crippen LogP contribution >= 0.6 is 24.0 Å². The van der Waals surface area contributed by atoms with Crippen LogP contribution in [-0.2, 0) is 0 Å². The number of nitriles is 1. The zero-order valence-corrected chi connectivity index (χ0v) is 8.75. The summed E-state index contributed by atoms with van der Waals surface area (Å²) in [5, 5.41) is 12.0. The number of nitrogens with zero attached hydrogens (tertiary/aromatic N) is 1. The fraction of sp³-hybridized carbons (Fsp3) is 0.100. The van der Waals surface area contributed by atoms with Gasteiger partial charge in [0.05, 0.1) is 10.3 Å². The molecule has 0 atom stereocenters. The topological polar surface area (TPSA) is 23.8 Å². The lowest BCUT2D eigenvalue weighted by Gasteiger charge is -1.97. The Labute approximate surface area is 86.0 Å². The van der Waals surface area contributed by atoms with Gasteiger partial charge < -0.3 is 0 Å². The van der Waals surface area contributed by atoms with Crippen LogP contribution < -0.4 is 0 Å². The number of benzene rings is 1. The van der Waals surface area contributed by atoms with Gasteiger partial charge in [0, 0.05) is 10.3 Å². The molecule has 0 fully saturated rings. The largest absolute Gasteiger partial charge is 0.192 e. The van der Waals surface area contributed by atoms with Crippen molar-refractivity contribution in [1.29, 1.82) is 5.26 Å². The summed E-state index contributed by atoms with van der Waals surface area (Å²) in [6.07, 6.45) is 0. The van der Waals surface area contributed by atoms with Gasteiger partial charge in [0.2, 0.25) is 0 Å². The second kappa shape index (κ2) is 3.06. The minimum atomic E-state index is 0.742. The van der Waals surface area contributed by atoms with E-state index in [4.69, 9.17) is 5.26 Å². The van der Waals surface area contributed by atoms with Gasteiger partial charge in [-0.2, -0.15) is 5.26 Å². The van der Waals surface area contributed by atoms with Crippen molar-refractivity contribution >= 4 is 34.1 Å². The maximum absolute atomic E-state index is 8.87. The van der Waals surface area contributed by atoms with Crippen molar-refractivity contribution in [3.05, 3.63) is 28.6 Å². The fourth-order valence-corrected chi connectivity index (χ4v) is 2.85. The molecule has 0 amide bonds. The van der Waals surface area contributed by atoms with Crippen LogP contribution in [0.4, 0.5) is 0 Å². The Morgan fingerprint density at radius 1 is 1.46 bits per heavy atom. The van der Waals surface area contributed by atoms with E-state index in [1.54, 1.807) is 11.3 Å². The fourth-order valence-electron chi connectivity index (χ4n) is 1.37. The molecular weight excluding hydrogens is 198 g/mol. The molecule has 0 unspecified atom stereocenters. The summed E-state index contributed by atoms with van der Waals surface area (Å²) >= 11 is 5.98. The molecule has 3 heteroatoms. The molecule has 1 aromatic carbocycles. The Morgan fingerprint density at radius 3 is 2.92 bits per heavy atom. The minimum absolute atomic E-state index is 0.742. The molecule has 0 N–H and O–H groups in total. The molecule has 1 heterocycles. The van der Waals surface area contributed by atoms with Gasteiger partial charge in [-0.3, -0.25) is 0 Å². The third kappa shape index (κ3) is 1.23. The highest BCUT2D eigenvalue weighted by Gasteiger charge is 2.07. The van der Waals surface area contributed by atoms with E-state index in [1.165, 1.54) is 5.56 Å². The van der Waals surface area contributed by atoms with Gasteiger partial charge >= 0.3 is 0 Å². The van der Waals surface area contributed by atoms with E-state index in [0.29, 0.717) is 0 Å². The Bertz CT molecular complexity index is 505. The molecule has 0 spiro atoms. The van der Waals surface area contributed by atoms with Crippen molar-refractivity contribution in [3.8, 4) is 6.07 Å². The first kappa shape index (κ1) is 8.61. The van der Waals surface area contributed by atoms with Crippen LogP contribution in [0.1, 0.15) is 11.1 Å². The van der Waals surface area contributed by atoms with Crippen LogP contribution in [0.2, 0.25) is 0 Å². The first-order chi connectivity index (χ1) is 6.24. The molecule has 1 aromatic heterocycles. The van der Waals surface area contributed by atoms with Crippen molar-refractivity contribution in [2.24, 2.45) is 0 Å². The summed E-state index contributed by atoms with van der Waals surface area (Å²) in [5.41, 5.74) is 1.94. The number of thiophene rings is 1. The summed E-state index contributed by atoms with van der Waals surface area (Å²) in [6, 6.07) is 5.89. The first-order valence-corrected chi connectivity index (χ1v) is 5.16. The Morgan fingerprint density at radius 2 is 2.23 bits per heavy atom. The lowest BCUT2D eigenvalue weighted by atomic mass is 10.1. The average Bonchev–Trinajstić information content (AvgIpc) is 2.50. The number of fused-ring (bicyclic) bond motifs is 1. The van der Waals surface area contributed by atoms with Crippen molar-refractivity contribution in [2.75, 3.05) is 0 Å². The molecule has 2 aromatic rings. The zero-order valence-electron chi connectivity index (χ0n) is 7.03. The maximum Gasteiger partial charge on any atom is 0.101 e. The Kier molecular flexibility index (Phi) is 2.03. The summed E-state index contributed by atoms with van der Waals surface area (Å²) in [5.74, 6) is 0. The molecule has 64 valence electrons. The predicted molar refractivity (Wildman–Crippen MR) is 58.5 cm³/mol. The van der Waals surface area contributed by atoms with Crippen molar-refractivity contribution in [2.45, 2.75) is 11.8 Å². The molecule has 13 heavy (non-hydrogen) atoms. The molecule has 0 saturated heterocycles. The molecule has 0 aliphatic heterocycles. The maximum atomic E-state index is 8.87. The highest BCUT2D eigenvalue weighted by atomic mass is 32.1. The van der Waals surface area contributed by atoms with Crippen molar-refractivity contribution in [3.63, 3.8) is 0 Å². The second-order valence-corrected chi connectivity index (χ2v) is 4.23. The normalized spacial score (nSPS) is 10.2. The molecule has 0 aliphatic carbocycles. The van der Waals surface area contributed by atoms with Gasteiger partial charge in [-0.1, -0.05) is 0 Å². The molecule has 2 rings (SSSR count). The molecule has 0 saturated carbocycles. The lowest BCUT2D eigenvalue weighted by molar-refractivity contribution is 1.47. The van der Waals surface area contributed by atoms with Crippen molar-refractivity contribution in [1.82, 2.24) is 0 Å². The van der Waals surface area contributed by atoms with Crippen molar-refractivity contribution < 1.29 is 0 Å². The molecule has 1 nitrogen and oxygen atoms in total. The van der Waals surface area contributed by atoms with Gasteiger partial charge in [-0.25, -0.2) is 0 Å². The number of aryl methyl sites for hydroxylation is 1. The third-order valence-corrected chi connectivity index (χ3v) is 3.51. The quantitative estimate of drug-likeness (QED) is 0.655. The number of thiol groups is 1. The number of rotatable bonds is 0. The van der Waals surface area contributed by atoms with E-state index >= 15 is 0 Å². The summed E-state index contributed by atoms with van der Waals surface area (Å²) in [6.45, 7) is 2.04. The van der Waals surface area contributed by atoms with E-state index in [2.05, 4.69) is 24.1 Å². The van der Waals surface area contributed by atoms with Crippen LogP contribution in [0.3, 0.4) is 0 Å². The van der Waals surface area contributed by atoms with Crippen LogP contribution in [-0.4, -0.2) is 0 Å². The Balaban J connectivity index is 2.97. The zero-order chi connectivity index (χ0) is 9.42. The summed E-state index contributed by atoms with van der Waals surface area (Å²) in [7, 11) is 0. The van der Waals surface area contributed by atoms with Gasteiger partial charge in [0.1, 0.15) is 6.07 Å². The lowest BCUT2D eigenvalue weighted by Crippen LogP contribution is -1.77. The highest BCUT2D eigenvalue weighted by Crippen LogP contribution is 2.32. The number of hydrogen-bond donors (Lipinski definition) is 1. The Hall–Kier alpha value is -0.980. The van der Waals surface area contributed by atoms with Gasteiger partial charge in [-0.05, 0) is 30.0 Å². The van der Waals surface area contributed by atoms with Gasteiger partial charge in [0.15, 0.2) is 0 Å². The standard InChI is InChI=1S/C10H7NS2/c1-6-5-13-10-7(4-11)2-3-8(12)9(6)10/h2-3,5,12H,1H3. The van der Waals surface area contributed by atoms with Crippen LogP contribution in [0.25, 0.3) is 10.1 Å². The molecule has 0 bridgehead atoms. The minimum Gasteiger partial charge on any atom is -0.192 e. The predicted octanol–water partition coefficient (Wildman–Crippen LogP) is 3.37. The second-order valence-electron chi connectivity index (χ2n) is 2.87. The summed E-state index contributed by atoms with van der Waals surface area (Å²) < 4.78 is 1.05. The third-order valence-electron chi connectivity index (χ3n) is 2.00. The first-order valence-electron chi connectivity index (χ1n) is 3.84. The van der Waals surface area contributed by atoms with E-state index in [1.807, 2.05) is 19.1 Å². The van der Waals surface area contributed by atoms with Crippen LogP contribution in [0, 0.1) is 18.3 Å². The van der Waals surface area contributed by atoms with E-state index in [9.17, 15) is 0 Å². The number of hydrogen-bond acceptors (Lipinski definition) is 3. The van der Waals surface area contributed by atoms with Gasteiger partial charge in [0.25, 0.3) is 0 Å². The molecule has 0 radical (unpaired) electrons. The smallest absolute Gasteiger partial charge is 0.101 e. The van der Waals surface area contributed by atoms with E-state index in [-0.39, 0.29) is 0 Å². The highest BCUT2D eigenvalue weighted by molar-refractivity contribution is 7.80. The molecular formula is C10H7NS2. The molecule has 0 aliphatic rings. The van der Waals surface area contributed by atoms with Crippen LogP contribution in [0.15, 0.2) is 22.4 Å². The summed E-state index contributed by atoms with van der Waals surface area (Å²) in [4.78, 5) is 0.952.